The van der Waals surface area contributed by atoms with E-state index in [0.717, 1.165) is 5.69 Å². The zero-order valence-corrected chi connectivity index (χ0v) is 16.4. The lowest BCUT2D eigenvalue weighted by Crippen LogP contribution is -2.19. The Labute approximate surface area is 167 Å². The second-order valence-corrected chi connectivity index (χ2v) is 8.00. The van der Waals surface area contributed by atoms with Crippen LogP contribution in [0.15, 0.2) is 76.9 Å². The Morgan fingerprint density at radius 2 is 1.86 bits per heavy atom. The van der Waals surface area contributed by atoms with E-state index < -0.39 is 15.9 Å². The maximum atomic E-state index is 12.6. The van der Waals surface area contributed by atoms with Crippen LogP contribution in [0.25, 0.3) is 0 Å². The van der Waals surface area contributed by atoms with E-state index in [2.05, 4.69) is 15.2 Å². The third-order valence-electron chi connectivity index (χ3n) is 3.85. The minimum atomic E-state index is -3.86. The topological polar surface area (TPSA) is 92.6 Å². The highest BCUT2D eigenvalue weighted by atomic mass is 35.5. The number of hydrazone groups is 1. The molecule has 0 radical (unpaired) electrons. The molecule has 3 rings (SSSR count). The van der Waals surface area contributed by atoms with Crippen molar-refractivity contribution < 1.29 is 13.2 Å². The Bertz CT molecular complexity index is 1120. The first-order valence-corrected chi connectivity index (χ1v) is 10.0. The molecule has 9 heteroatoms. The van der Waals surface area contributed by atoms with Gasteiger partial charge >= 0.3 is 0 Å². The third kappa shape index (κ3) is 4.79. The summed E-state index contributed by atoms with van der Waals surface area (Å²) in [4.78, 5) is 12.2. The monoisotopic (exact) mass is 416 g/mol. The summed E-state index contributed by atoms with van der Waals surface area (Å²) in [7, 11) is -2.01. The van der Waals surface area contributed by atoms with Gasteiger partial charge in [-0.25, -0.2) is 13.8 Å². The zero-order chi connectivity index (χ0) is 20.1. The van der Waals surface area contributed by atoms with Crippen molar-refractivity contribution in [3.05, 3.63) is 83.1 Å². The highest BCUT2D eigenvalue weighted by Gasteiger charge is 2.16. The van der Waals surface area contributed by atoms with Gasteiger partial charge in [0.25, 0.3) is 15.9 Å². The average molecular weight is 417 g/mol. The lowest BCUT2D eigenvalue weighted by Gasteiger charge is -2.09. The Balaban J connectivity index is 1.73. The number of nitrogens with zero attached hydrogens (tertiary/aromatic N) is 2. The first-order valence-electron chi connectivity index (χ1n) is 8.18. The molecule has 0 aliphatic heterocycles. The molecule has 0 spiro atoms. The van der Waals surface area contributed by atoms with E-state index >= 15 is 0 Å². The average Bonchev–Trinajstić information content (AvgIpc) is 3.08. The molecule has 7 nitrogen and oxygen atoms in total. The molecule has 0 bridgehead atoms. The summed E-state index contributed by atoms with van der Waals surface area (Å²) in [5, 5.41) is 4.39. The fraction of sp³-hybridized carbons (Fsp3) is 0.0526. The van der Waals surface area contributed by atoms with Crippen LogP contribution in [0.5, 0.6) is 0 Å². The van der Waals surface area contributed by atoms with E-state index in [4.69, 9.17) is 11.6 Å². The molecule has 28 heavy (non-hydrogen) atoms. The summed E-state index contributed by atoms with van der Waals surface area (Å²) in [5.41, 5.74) is 3.73. The highest BCUT2D eigenvalue weighted by Crippen LogP contribution is 2.19. The molecule has 1 amide bonds. The van der Waals surface area contributed by atoms with Crippen molar-refractivity contribution in [2.75, 3.05) is 4.72 Å². The molecule has 3 aromatic rings. The van der Waals surface area contributed by atoms with Crippen molar-refractivity contribution in [1.29, 1.82) is 0 Å². The van der Waals surface area contributed by atoms with Crippen LogP contribution in [0.2, 0.25) is 5.02 Å². The van der Waals surface area contributed by atoms with Crippen LogP contribution in [0, 0.1) is 0 Å². The number of anilines is 1. The molecule has 0 unspecified atom stereocenters. The van der Waals surface area contributed by atoms with Gasteiger partial charge in [-0.15, -0.1) is 0 Å². The Kier molecular flexibility index (Phi) is 5.81. The quantitative estimate of drug-likeness (QED) is 0.477. The zero-order valence-electron chi connectivity index (χ0n) is 14.8. The van der Waals surface area contributed by atoms with Crippen molar-refractivity contribution in [3.8, 4) is 0 Å². The Morgan fingerprint density at radius 1 is 1.11 bits per heavy atom. The predicted molar refractivity (Wildman–Crippen MR) is 109 cm³/mol. The van der Waals surface area contributed by atoms with Crippen LogP contribution >= 0.6 is 11.6 Å². The molecule has 0 aliphatic carbocycles. The minimum Gasteiger partial charge on any atom is -0.350 e. The number of aromatic nitrogens is 1. The van der Waals surface area contributed by atoms with Gasteiger partial charge in [-0.1, -0.05) is 17.7 Å². The van der Waals surface area contributed by atoms with Crippen LogP contribution in [0.3, 0.4) is 0 Å². The number of carbonyl (C=O) groups is 1. The number of amides is 1. The lowest BCUT2D eigenvalue weighted by molar-refractivity contribution is 0.0955. The number of hydrogen-bond donors (Lipinski definition) is 2. The number of hydrogen-bond acceptors (Lipinski definition) is 4. The van der Waals surface area contributed by atoms with E-state index in [-0.39, 0.29) is 10.5 Å². The number of sulfonamides is 1. The lowest BCUT2D eigenvalue weighted by atomic mass is 10.2. The molecule has 1 aromatic heterocycles. The molecule has 0 atom stereocenters. The molecule has 0 fully saturated rings. The van der Waals surface area contributed by atoms with Crippen molar-refractivity contribution in [3.63, 3.8) is 0 Å². The van der Waals surface area contributed by atoms with Crippen LogP contribution in [0.4, 0.5) is 5.69 Å². The minimum absolute atomic E-state index is 0.0403. The molecule has 0 saturated carbocycles. The number of rotatable bonds is 6. The smallest absolute Gasteiger partial charge is 0.271 e. The largest absolute Gasteiger partial charge is 0.350 e. The summed E-state index contributed by atoms with van der Waals surface area (Å²) in [6, 6.07) is 15.6. The van der Waals surface area contributed by atoms with E-state index in [9.17, 15) is 13.2 Å². The maximum Gasteiger partial charge on any atom is 0.271 e. The summed E-state index contributed by atoms with van der Waals surface area (Å²) in [6.07, 6.45) is 3.35. The van der Waals surface area contributed by atoms with Crippen molar-refractivity contribution in [2.45, 2.75) is 4.90 Å². The van der Waals surface area contributed by atoms with Crippen molar-refractivity contribution in [1.82, 2.24) is 9.99 Å². The van der Waals surface area contributed by atoms with Gasteiger partial charge in [-0.3, -0.25) is 9.52 Å². The van der Waals surface area contributed by atoms with Crippen LogP contribution in [0.1, 0.15) is 16.1 Å². The first kappa shape index (κ1) is 19.7. The van der Waals surface area contributed by atoms with Gasteiger partial charge < -0.3 is 4.57 Å². The summed E-state index contributed by atoms with van der Waals surface area (Å²) in [6.45, 7) is 0. The van der Waals surface area contributed by atoms with Gasteiger partial charge in [0.1, 0.15) is 0 Å². The van der Waals surface area contributed by atoms with E-state index in [0.29, 0.717) is 10.7 Å². The number of nitrogens with one attached hydrogen (secondary N) is 2. The second-order valence-electron chi connectivity index (χ2n) is 5.88. The summed E-state index contributed by atoms with van der Waals surface area (Å²) >= 11 is 5.80. The highest BCUT2D eigenvalue weighted by molar-refractivity contribution is 7.92. The second kappa shape index (κ2) is 8.28. The fourth-order valence-corrected chi connectivity index (χ4v) is 3.60. The first-order chi connectivity index (χ1) is 13.3. The number of aryl methyl sites for hydroxylation is 1. The third-order valence-corrected chi connectivity index (χ3v) is 5.48. The van der Waals surface area contributed by atoms with E-state index in [1.165, 1.54) is 30.5 Å². The normalized spacial score (nSPS) is 11.5. The van der Waals surface area contributed by atoms with E-state index in [1.807, 2.05) is 29.9 Å². The van der Waals surface area contributed by atoms with Crippen LogP contribution in [-0.4, -0.2) is 25.1 Å². The number of halogens is 1. The fourth-order valence-electron chi connectivity index (χ4n) is 2.37. The standard InChI is InChI=1S/C19H17ClN4O3S/c1-24-11-3-5-17(24)13-21-22-19(25)14-4-2-6-18(12-14)28(26,27)23-16-9-7-15(20)8-10-16/h2-13,23H,1H3,(H,22,25)/b21-13+. The maximum absolute atomic E-state index is 12.6. The van der Waals surface area contributed by atoms with Gasteiger partial charge in [0.05, 0.1) is 16.8 Å². The van der Waals surface area contributed by atoms with Gasteiger partial charge in [-0.05, 0) is 54.6 Å². The number of benzene rings is 2. The molecular formula is C19H17ClN4O3S. The van der Waals surface area contributed by atoms with Crippen LogP contribution < -0.4 is 10.1 Å². The van der Waals surface area contributed by atoms with Crippen molar-refractivity contribution >= 4 is 39.4 Å². The van der Waals surface area contributed by atoms with Crippen LogP contribution in [-0.2, 0) is 17.1 Å². The molecular weight excluding hydrogens is 400 g/mol. The summed E-state index contributed by atoms with van der Waals surface area (Å²) in [5.74, 6) is -0.519. The molecule has 0 saturated heterocycles. The molecule has 0 aliphatic rings. The summed E-state index contributed by atoms with van der Waals surface area (Å²) < 4.78 is 29.4. The van der Waals surface area contributed by atoms with Gasteiger partial charge in [0.15, 0.2) is 0 Å². The van der Waals surface area contributed by atoms with E-state index in [1.54, 1.807) is 24.3 Å². The number of carbonyl (C=O) groups excluding carboxylic acids is 1. The SMILES string of the molecule is Cn1cccc1/C=N/NC(=O)c1cccc(S(=O)(=O)Nc2ccc(Cl)cc2)c1. The molecule has 2 aromatic carbocycles. The van der Waals surface area contributed by atoms with Crippen molar-refractivity contribution in [2.24, 2.45) is 12.1 Å². The van der Waals surface area contributed by atoms with Gasteiger partial charge in [-0.2, -0.15) is 5.10 Å². The van der Waals surface area contributed by atoms with Gasteiger partial charge in [0, 0.05) is 29.5 Å². The Hall–Kier alpha value is -3.10. The van der Waals surface area contributed by atoms with Gasteiger partial charge in [0.2, 0.25) is 0 Å². The predicted octanol–water partition coefficient (Wildman–Crippen LogP) is 3.24. The molecule has 2 N–H and O–H groups in total. The Morgan fingerprint density at radius 3 is 2.54 bits per heavy atom. The molecule has 1 heterocycles. The molecule has 144 valence electrons.